The summed E-state index contributed by atoms with van der Waals surface area (Å²) < 4.78 is 45.1. The second-order valence-corrected chi connectivity index (χ2v) is 9.95. The molecule has 2 aromatic carbocycles. The van der Waals surface area contributed by atoms with Crippen molar-refractivity contribution in [3.05, 3.63) is 66.3 Å². The highest BCUT2D eigenvalue weighted by molar-refractivity contribution is 7.89. The molecule has 3 aromatic rings. The molecule has 0 spiro atoms. The number of rotatable bonds is 6. The molecule has 1 aromatic heterocycles. The number of aliphatic carboxylic acids is 1. The normalized spacial score (nSPS) is 16.2. The molecule has 0 aliphatic carbocycles. The maximum absolute atomic E-state index is 13.2. The molecule has 1 aliphatic heterocycles. The van der Waals surface area contributed by atoms with Crippen LogP contribution in [0.15, 0.2) is 59.4 Å². The quantitative estimate of drug-likeness (QED) is 0.478. The number of halogens is 1. The summed E-state index contributed by atoms with van der Waals surface area (Å²) in [7, 11) is -4.03. The third-order valence-electron chi connectivity index (χ3n) is 5.55. The summed E-state index contributed by atoms with van der Waals surface area (Å²) in [6.45, 7) is 1.02. The van der Waals surface area contributed by atoms with Gasteiger partial charge in [0, 0.05) is 43.0 Å². The molecule has 0 bridgehead atoms. The fourth-order valence-corrected chi connectivity index (χ4v) is 5.26. The van der Waals surface area contributed by atoms with E-state index in [1.54, 1.807) is 36.4 Å². The predicted octanol–water partition coefficient (Wildman–Crippen LogP) is 1.16. The van der Waals surface area contributed by atoms with Gasteiger partial charge in [-0.1, -0.05) is 17.0 Å². The van der Waals surface area contributed by atoms with Crippen LogP contribution in [0.3, 0.4) is 0 Å². The molecule has 0 saturated carbocycles. The molecule has 35 heavy (non-hydrogen) atoms. The standard InChI is InChI=1S/C23H22FN5O5S/c24-19-5-7-20(8-6-19)28-11-13-29(14-12-28)35(32,33)15-23(25,22(30)31)10-9-17-1-3-18(4-2-17)21-26-16-34-27-21/h1-8,16H,11-15,25H2,(H,30,31). The van der Waals surface area contributed by atoms with E-state index in [1.165, 1.54) is 22.8 Å². The van der Waals surface area contributed by atoms with Crippen molar-refractivity contribution >= 4 is 21.7 Å². The first-order chi connectivity index (χ1) is 16.7. The Morgan fingerprint density at radius 3 is 2.34 bits per heavy atom. The van der Waals surface area contributed by atoms with Crippen LogP contribution in [0.25, 0.3) is 11.4 Å². The number of piperazine rings is 1. The molecule has 10 nitrogen and oxygen atoms in total. The fourth-order valence-electron chi connectivity index (χ4n) is 3.59. The molecule has 182 valence electrons. The van der Waals surface area contributed by atoms with Crippen molar-refractivity contribution in [2.75, 3.05) is 36.8 Å². The van der Waals surface area contributed by atoms with Gasteiger partial charge in [0.2, 0.25) is 22.2 Å². The third-order valence-corrected chi connectivity index (χ3v) is 7.52. The Kier molecular flexibility index (Phi) is 6.83. The van der Waals surface area contributed by atoms with Crippen LogP contribution < -0.4 is 10.6 Å². The van der Waals surface area contributed by atoms with Crippen molar-refractivity contribution in [1.29, 1.82) is 0 Å². The summed E-state index contributed by atoms with van der Waals surface area (Å²) in [5.41, 5.74) is 5.55. The molecule has 0 amide bonds. The maximum Gasteiger partial charge on any atom is 0.337 e. The Morgan fingerprint density at radius 2 is 1.77 bits per heavy atom. The molecule has 4 rings (SSSR count). The largest absolute Gasteiger partial charge is 0.479 e. The van der Waals surface area contributed by atoms with E-state index < -0.39 is 27.3 Å². The first-order valence-corrected chi connectivity index (χ1v) is 12.2. The van der Waals surface area contributed by atoms with Crippen LogP contribution in [0.2, 0.25) is 0 Å². The lowest BCUT2D eigenvalue weighted by atomic mass is 10.0. The van der Waals surface area contributed by atoms with Crippen LogP contribution in [-0.4, -0.2) is 71.4 Å². The number of carboxylic acids is 1. The number of nitrogens with zero attached hydrogens (tertiary/aromatic N) is 4. The number of anilines is 1. The van der Waals surface area contributed by atoms with Crippen molar-refractivity contribution in [1.82, 2.24) is 14.4 Å². The summed E-state index contributed by atoms with van der Waals surface area (Å²) in [4.78, 5) is 17.8. The lowest BCUT2D eigenvalue weighted by Crippen LogP contribution is -2.57. The monoisotopic (exact) mass is 499 g/mol. The van der Waals surface area contributed by atoms with Crippen LogP contribution >= 0.6 is 0 Å². The minimum absolute atomic E-state index is 0.139. The first kappa shape index (κ1) is 24.3. The zero-order valence-corrected chi connectivity index (χ0v) is 19.3. The van der Waals surface area contributed by atoms with Crippen LogP contribution in [0.1, 0.15) is 5.56 Å². The van der Waals surface area contributed by atoms with E-state index in [0.29, 0.717) is 30.0 Å². The molecule has 1 atom stereocenters. The number of hydrogen-bond acceptors (Lipinski definition) is 8. The number of hydrogen-bond donors (Lipinski definition) is 2. The highest BCUT2D eigenvalue weighted by atomic mass is 32.2. The number of nitrogens with two attached hydrogens (primary N) is 1. The summed E-state index contributed by atoms with van der Waals surface area (Å²) >= 11 is 0. The molecule has 3 N–H and O–H groups in total. The van der Waals surface area contributed by atoms with Gasteiger partial charge in [0.05, 0.1) is 0 Å². The average molecular weight is 500 g/mol. The van der Waals surface area contributed by atoms with Crippen molar-refractivity contribution < 1.29 is 27.2 Å². The van der Waals surface area contributed by atoms with Crippen molar-refractivity contribution in [3.63, 3.8) is 0 Å². The molecule has 0 radical (unpaired) electrons. The molecule has 1 aliphatic rings. The molecule has 1 saturated heterocycles. The Hall–Kier alpha value is -3.79. The number of sulfonamides is 1. The molecule has 1 unspecified atom stereocenters. The highest BCUT2D eigenvalue weighted by Gasteiger charge is 2.41. The van der Waals surface area contributed by atoms with Gasteiger partial charge in [-0.2, -0.15) is 9.29 Å². The predicted molar refractivity (Wildman–Crippen MR) is 125 cm³/mol. The Balaban J connectivity index is 1.44. The summed E-state index contributed by atoms with van der Waals surface area (Å²) in [5.74, 6) is 2.70. The topological polar surface area (TPSA) is 143 Å². The summed E-state index contributed by atoms with van der Waals surface area (Å²) in [5, 5.41) is 13.4. The van der Waals surface area contributed by atoms with Gasteiger partial charge in [0.15, 0.2) is 5.54 Å². The van der Waals surface area contributed by atoms with Gasteiger partial charge in [-0.25, -0.2) is 17.6 Å². The van der Waals surface area contributed by atoms with Crippen molar-refractivity contribution in [3.8, 4) is 23.2 Å². The average Bonchev–Trinajstić information content (AvgIpc) is 3.38. The van der Waals surface area contributed by atoms with Gasteiger partial charge < -0.3 is 20.3 Å². The van der Waals surface area contributed by atoms with E-state index in [-0.39, 0.29) is 18.9 Å². The Bertz CT molecular complexity index is 1340. The first-order valence-electron chi connectivity index (χ1n) is 10.6. The number of carbonyl (C=O) groups is 1. The summed E-state index contributed by atoms with van der Waals surface area (Å²) in [6.07, 6.45) is 1.20. The smallest absolute Gasteiger partial charge is 0.337 e. The van der Waals surface area contributed by atoms with Gasteiger partial charge in [-0.3, -0.25) is 0 Å². The fraction of sp³-hybridized carbons (Fsp3) is 0.261. The third kappa shape index (κ3) is 5.65. The maximum atomic E-state index is 13.2. The second-order valence-electron chi connectivity index (χ2n) is 7.98. The second kappa shape index (κ2) is 9.83. The van der Waals surface area contributed by atoms with E-state index in [9.17, 15) is 22.7 Å². The van der Waals surface area contributed by atoms with Crippen molar-refractivity contribution in [2.24, 2.45) is 5.73 Å². The van der Waals surface area contributed by atoms with Crippen LogP contribution in [0.4, 0.5) is 10.1 Å². The number of benzene rings is 2. The van der Waals surface area contributed by atoms with Gasteiger partial charge >= 0.3 is 5.97 Å². The zero-order chi connectivity index (χ0) is 25.1. The molecule has 1 fully saturated rings. The van der Waals surface area contributed by atoms with E-state index in [0.717, 1.165) is 5.69 Å². The summed E-state index contributed by atoms with van der Waals surface area (Å²) in [6, 6.07) is 12.5. The lowest BCUT2D eigenvalue weighted by Gasteiger charge is -2.36. The highest BCUT2D eigenvalue weighted by Crippen LogP contribution is 2.20. The molecular formula is C23H22FN5O5S. The van der Waals surface area contributed by atoms with Crippen LogP contribution in [-0.2, 0) is 14.8 Å². The van der Waals surface area contributed by atoms with E-state index >= 15 is 0 Å². The SMILES string of the molecule is NC(C#Cc1ccc(-c2ncon2)cc1)(CS(=O)(=O)N1CCN(c2ccc(F)cc2)CC1)C(=O)O. The molecule has 2 heterocycles. The Labute approximate surface area is 201 Å². The van der Waals surface area contributed by atoms with Crippen molar-refractivity contribution in [2.45, 2.75) is 5.54 Å². The zero-order valence-electron chi connectivity index (χ0n) is 18.5. The minimum atomic E-state index is -4.03. The van der Waals surface area contributed by atoms with E-state index in [4.69, 9.17) is 10.3 Å². The van der Waals surface area contributed by atoms with Crippen LogP contribution in [0.5, 0.6) is 0 Å². The number of aromatic nitrogens is 2. The lowest BCUT2D eigenvalue weighted by molar-refractivity contribution is -0.140. The van der Waals surface area contributed by atoms with Gasteiger partial charge in [0.1, 0.15) is 11.6 Å². The number of carboxylic acid groups (broad SMARTS) is 1. The Morgan fingerprint density at radius 1 is 1.11 bits per heavy atom. The van der Waals surface area contributed by atoms with Gasteiger partial charge in [0.25, 0.3) is 0 Å². The van der Waals surface area contributed by atoms with Gasteiger partial charge in [-0.15, -0.1) is 0 Å². The van der Waals surface area contributed by atoms with E-state index in [2.05, 4.69) is 22.0 Å². The minimum Gasteiger partial charge on any atom is -0.479 e. The van der Waals surface area contributed by atoms with Crippen LogP contribution in [0, 0.1) is 17.7 Å². The van der Waals surface area contributed by atoms with Gasteiger partial charge in [-0.05, 0) is 48.5 Å². The molecule has 12 heteroatoms. The molecular weight excluding hydrogens is 477 g/mol. The van der Waals surface area contributed by atoms with E-state index in [1.807, 2.05) is 4.90 Å².